The predicted molar refractivity (Wildman–Crippen MR) is 85.9 cm³/mol. The summed E-state index contributed by atoms with van der Waals surface area (Å²) in [6.07, 6.45) is 0.144. The fourth-order valence-corrected chi connectivity index (χ4v) is 2.31. The largest absolute Gasteiger partial charge is 0.496 e. The van der Waals surface area contributed by atoms with Gasteiger partial charge in [0.05, 0.1) is 19.8 Å². The second-order valence-electron chi connectivity index (χ2n) is 6.54. The molecular formula is C17H29NO3. The third kappa shape index (κ3) is 5.30. The van der Waals surface area contributed by atoms with Crippen molar-refractivity contribution in [2.24, 2.45) is 0 Å². The molecule has 1 rings (SSSR count). The molecule has 0 saturated carbocycles. The minimum atomic E-state index is -0.502. The summed E-state index contributed by atoms with van der Waals surface area (Å²) in [5.74, 6) is 0.857. The Bertz CT molecular complexity index is 440. The summed E-state index contributed by atoms with van der Waals surface area (Å²) in [5, 5.41) is 19.2. The van der Waals surface area contributed by atoms with E-state index in [4.69, 9.17) is 9.84 Å². The van der Waals surface area contributed by atoms with E-state index in [9.17, 15) is 5.11 Å². The Morgan fingerprint density at radius 2 is 1.90 bits per heavy atom. The molecule has 0 radical (unpaired) electrons. The van der Waals surface area contributed by atoms with Gasteiger partial charge >= 0.3 is 0 Å². The van der Waals surface area contributed by atoms with Crippen LogP contribution in [0.3, 0.4) is 0 Å². The summed E-state index contributed by atoms with van der Waals surface area (Å²) in [7, 11) is 3.61. The number of hydrogen-bond donors (Lipinski definition) is 2. The molecule has 1 aromatic carbocycles. The number of rotatable bonds is 7. The average Bonchev–Trinajstić information content (AvgIpc) is 2.43. The van der Waals surface area contributed by atoms with Gasteiger partial charge in [-0.05, 0) is 42.1 Å². The van der Waals surface area contributed by atoms with Gasteiger partial charge < -0.3 is 19.8 Å². The summed E-state index contributed by atoms with van der Waals surface area (Å²) in [5.41, 5.74) is 1.98. The molecule has 0 aliphatic rings. The highest BCUT2D eigenvalue weighted by Gasteiger charge is 2.21. The van der Waals surface area contributed by atoms with Crippen LogP contribution in [0, 0.1) is 0 Å². The van der Waals surface area contributed by atoms with E-state index in [1.165, 1.54) is 0 Å². The van der Waals surface area contributed by atoms with E-state index in [1.54, 1.807) is 7.11 Å². The molecule has 0 bridgehead atoms. The van der Waals surface area contributed by atoms with Crippen molar-refractivity contribution < 1.29 is 14.9 Å². The van der Waals surface area contributed by atoms with Crippen molar-refractivity contribution in [1.82, 2.24) is 4.90 Å². The number of benzene rings is 1. The van der Waals surface area contributed by atoms with E-state index in [-0.39, 0.29) is 12.0 Å². The van der Waals surface area contributed by atoms with Crippen LogP contribution in [0.1, 0.15) is 44.4 Å². The Hall–Kier alpha value is -1.10. The standard InChI is InChI=1S/C17H29NO3/c1-17(2,3)14-12-13(6-7-16(14)21-5)15(20)8-9-18(4)10-11-19/h6-7,12,15,19-20H,8-11H2,1-5H3. The zero-order chi connectivity index (χ0) is 16.0. The van der Waals surface area contributed by atoms with Gasteiger partial charge in [0, 0.05) is 13.1 Å². The predicted octanol–water partition coefficient (Wildman–Crippen LogP) is 2.34. The molecule has 1 unspecified atom stereocenters. The minimum Gasteiger partial charge on any atom is -0.496 e. The highest BCUT2D eigenvalue weighted by atomic mass is 16.5. The maximum atomic E-state index is 10.4. The van der Waals surface area contributed by atoms with Crippen molar-refractivity contribution in [1.29, 1.82) is 0 Å². The maximum Gasteiger partial charge on any atom is 0.122 e. The monoisotopic (exact) mass is 295 g/mol. The van der Waals surface area contributed by atoms with E-state index < -0.39 is 6.10 Å². The molecule has 21 heavy (non-hydrogen) atoms. The number of methoxy groups -OCH3 is 1. The lowest BCUT2D eigenvalue weighted by atomic mass is 9.84. The van der Waals surface area contributed by atoms with E-state index in [1.807, 2.05) is 30.1 Å². The zero-order valence-corrected chi connectivity index (χ0v) is 13.9. The molecule has 0 aliphatic heterocycles. The summed E-state index contributed by atoms with van der Waals surface area (Å²) >= 11 is 0. The van der Waals surface area contributed by atoms with Gasteiger partial charge in [-0.3, -0.25) is 0 Å². The van der Waals surface area contributed by atoms with E-state index in [0.717, 1.165) is 23.4 Å². The maximum absolute atomic E-state index is 10.4. The lowest BCUT2D eigenvalue weighted by Crippen LogP contribution is -2.24. The number of hydrogen-bond acceptors (Lipinski definition) is 4. The van der Waals surface area contributed by atoms with Gasteiger partial charge in [0.1, 0.15) is 5.75 Å². The molecular weight excluding hydrogens is 266 g/mol. The topological polar surface area (TPSA) is 52.9 Å². The molecule has 120 valence electrons. The lowest BCUT2D eigenvalue weighted by Gasteiger charge is -2.24. The van der Waals surface area contributed by atoms with Crippen molar-refractivity contribution in [2.75, 3.05) is 33.9 Å². The van der Waals surface area contributed by atoms with Crippen LogP contribution >= 0.6 is 0 Å². The first-order chi connectivity index (χ1) is 9.79. The van der Waals surface area contributed by atoms with Gasteiger partial charge in [-0.25, -0.2) is 0 Å². The van der Waals surface area contributed by atoms with Crippen LogP contribution in [0.25, 0.3) is 0 Å². The van der Waals surface area contributed by atoms with Crippen molar-refractivity contribution in [3.63, 3.8) is 0 Å². The molecule has 0 aromatic heterocycles. The van der Waals surface area contributed by atoms with Crippen LogP contribution < -0.4 is 4.74 Å². The fraction of sp³-hybridized carbons (Fsp3) is 0.647. The molecule has 4 nitrogen and oxygen atoms in total. The first-order valence-corrected chi connectivity index (χ1v) is 7.45. The van der Waals surface area contributed by atoms with Crippen LogP contribution in [0.15, 0.2) is 18.2 Å². The molecule has 0 fully saturated rings. The third-order valence-electron chi connectivity index (χ3n) is 3.68. The normalized spacial score (nSPS) is 13.5. The second kappa shape index (κ2) is 7.78. The van der Waals surface area contributed by atoms with E-state index >= 15 is 0 Å². The minimum absolute atomic E-state index is 0.0330. The molecule has 2 N–H and O–H groups in total. The Morgan fingerprint density at radius 3 is 2.43 bits per heavy atom. The first-order valence-electron chi connectivity index (χ1n) is 7.45. The number of ether oxygens (including phenoxy) is 1. The van der Waals surface area contributed by atoms with Gasteiger partial charge in [-0.1, -0.05) is 26.8 Å². The van der Waals surface area contributed by atoms with Gasteiger partial charge in [0.15, 0.2) is 0 Å². The van der Waals surface area contributed by atoms with E-state index in [2.05, 4.69) is 20.8 Å². The molecule has 0 amide bonds. The van der Waals surface area contributed by atoms with Gasteiger partial charge in [-0.2, -0.15) is 0 Å². The van der Waals surface area contributed by atoms with Crippen LogP contribution in [-0.4, -0.2) is 49.0 Å². The second-order valence-corrected chi connectivity index (χ2v) is 6.54. The molecule has 1 aromatic rings. The first kappa shape index (κ1) is 18.0. The highest BCUT2D eigenvalue weighted by molar-refractivity contribution is 5.42. The fourth-order valence-electron chi connectivity index (χ4n) is 2.31. The van der Waals surface area contributed by atoms with Crippen LogP contribution in [0.4, 0.5) is 0 Å². The Kier molecular flexibility index (Phi) is 6.65. The number of aliphatic hydroxyl groups is 2. The smallest absolute Gasteiger partial charge is 0.122 e. The SMILES string of the molecule is COc1ccc(C(O)CCN(C)CCO)cc1C(C)(C)C. The Balaban J connectivity index is 2.83. The summed E-state index contributed by atoms with van der Waals surface area (Å²) in [6, 6.07) is 5.89. The van der Waals surface area contributed by atoms with Gasteiger partial charge in [0.25, 0.3) is 0 Å². The van der Waals surface area contributed by atoms with Crippen LogP contribution in [0.5, 0.6) is 5.75 Å². The molecule has 0 saturated heterocycles. The molecule has 0 heterocycles. The lowest BCUT2D eigenvalue weighted by molar-refractivity contribution is 0.141. The Morgan fingerprint density at radius 1 is 1.24 bits per heavy atom. The number of nitrogens with zero attached hydrogens (tertiary/aromatic N) is 1. The summed E-state index contributed by atoms with van der Waals surface area (Å²) in [4.78, 5) is 2.01. The molecule has 1 atom stereocenters. The molecule has 0 aliphatic carbocycles. The Labute approximate surface area is 128 Å². The van der Waals surface area contributed by atoms with Crippen molar-refractivity contribution in [3.05, 3.63) is 29.3 Å². The van der Waals surface area contributed by atoms with Gasteiger partial charge in [-0.15, -0.1) is 0 Å². The number of aliphatic hydroxyl groups excluding tert-OH is 2. The van der Waals surface area contributed by atoms with Crippen molar-refractivity contribution >= 4 is 0 Å². The van der Waals surface area contributed by atoms with Crippen molar-refractivity contribution in [2.45, 2.75) is 38.7 Å². The molecule has 4 heteroatoms. The zero-order valence-electron chi connectivity index (χ0n) is 13.9. The summed E-state index contributed by atoms with van der Waals surface area (Å²) < 4.78 is 5.42. The third-order valence-corrected chi connectivity index (χ3v) is 3.68. The average molecular weight is 295 g/mol. The van der Waals surface area contributed by atoms with E-state index in [0.29, 0.717) is 13.0 Å². The highest BCUT2D eigenvalue weighted by Crippen LogP contribution is 2.33. The van der Waals surface area contributed by atoms with Gasteiger partial charge in [0.2, 0.25) is 0 Å². The van der Waals surface area contributed by atoms with Crippen molar-refractivity contribution in [3.8, 4) is 5.75 Å². The van der Waals surface area contributed by atoms with Crippen LogP contribution in [-0.2, 0) is 5.41 Å². The van der Waals surface area contributed by atoms with Crippen LogP contribution in [0.2, 0.25) is 0 Å². The number of likely N-dealkylation sites (N-methyl/N-ethyl adjacent to an activating group) is 1. The quantitative estimate of drug-likeness (QED) is 0.811. The molecule has 0 spiro atoms. The summed E-state index contributed by atoms with van der Waals surface area (Å²) in [6.45, 7) is 7.92.